The number of nitrogens with one attached hydrogen (secondary N) is 1. The number of Topliss-reactive ketones (excluding diaryl/α,β-unsaturated/α-hetero) is 1. The fourth-order valence-corrected chi connectivity index (χ4v) is 3.61. The largest absolute Gasteiger partial charge is 0.441 e. The molecule has 1 aromatic carbocycles. The Morgan fingerprint density at radius 2 is 2.04 bits per heavy atom. The van der Waals surface area contributed by atoms with E-state index in [-0.39, 0.29) is 11.9 Å². The molecule has 0 aliphatic heterocycles. The molecule has 0 saturated heterocycles. The maximum atomic E-state index is 11.1. The summed E-state index contributed by atoms with van der Waals surface area (Å²) >= 11 is 0. The third-order valence-corrected chi connectivity index (χ3v) is 5.19. The lowest BCUT2D eigenvalue weighted by Gasteiger charge is -2.29. The number of hydrogen-bond acceptors (Lipinski definition) is 5. The second-order valence-corrected chi connectivity index (χ2v) is 7.69. The van der Waals surface area contributed by atoms with Crippen LogP contribution in [0.25, 0.3) is 11.5 Å². The van der Waals surface area contributed by atoms with E-state index in [1.165, 1.54) is 18.4 Å². The predicted molar refractivity (Wildman–Crippen MR) is 105 cm³/mol. The molecule has 1 aliphatic carbocycles. The fourth-order valence-electron chi connectivity index (χ4n) is 3.61. The zero-order valence-corrected chi connectivity index (χ0v) is 16.6. The van der Waals surface area contributed by atoms with Crippen molar-refractivity contribution in [1.29, 1.82) is 0 Å². The molecule has 5 nitrogen and oxygen atoms in total. The maximum Gasteiger partial charge on any atom is 0.226 e. The minimum atomic E-state index is 0.185. The van der Waals surface area contributed by atoms with Crippen LogP contribution in [0.2, 0.25) is 0 Å². The van der Waals surface area contributed by atoms with Crippen molar-refractivity contribution in [2.24, 2.45) is 5.92 Å². The van der Waals surface area contributed by atoms with Crippen molar-refractivity contribution in [3.63, 3.8) is 0 Å². The number of oxazole rings is 1. The van der Waals surface area contributed by atoms with Crippen LogP contribution in [0.3, 0.4) is 0 Å². The maximum absolute atomic E-state index is 11.1. The summed E-state index contributed by atoms with van der Waals surface area (Å²) < 4.78 is 12.0. The van der Waals surface area contributed by atoms with Crippen LogP contribution < -0.4 is 5.32 Å². The van der Waals surface area contributed by atoms with Gasteiger partial charge in [0.05, 0.1) is 19.3 Å². The Morgan fingerprint density at radius 3 is 2.78 bits per heavy atom. The summed E-state index contributed by atoms with van der Waals surface area (Å²) in [5, 5.41) is 3.25. The molecule has 2 atom stereocenters. The highest BCUT2D eigenvalue weighted by Gasteiger charge is 2.23. The molecule has 0 amide bonds. The Kier molecular flexibility index (Phi) is 6.80. The SMILES string of the molecule is CC(=O)CNCC1CCCC(OCc2nc(-c3ccc(C)cc3)oc2C)C1. The van der Waals surface area contributed by atoms with Crippen LogP contribution in [0.15, 0.2) is 28.7 Å². The predicted octanol–water partition coefficient (Wildman–Crippen LogP) is 4.21. The zero-order chi connectivity index (χ0) is 19.2. The monoisotopic (exact) mass is 370 g/mol. The molecule has 0 radical (unpaired) electrons. The first-order valence-corrected chi connectivity index (χ1v) is 9.86. The van der Waals surface area contributed by atoms with Gasteiger partial charge in [-0.05, 0) is 64.6 Å². The second-order valence-electron chi connectivity index (χ2n) is 7.69. The molecule has 1 N–H and O–H groups in total. The Bertz CT molecular complexity index is 751. The van der Waals surface area contributed by atoms with Crippen molar-refractivity contribution in [3.8, 4) is 11.5 Å². The first-order chi connectivity index (χ1) is 13.0. The first-order valence-electron chi connectivity index (χ1n) is 9.86. The van der Waals surface area contributed by atoms with E-state index in [0.29, 0.717) is 25.0 Å². The average molecular weight is 370 g/mol. The van der Waals surface area contributed by atoms with Gasteiger partial charge in [0, 0.05) is 5.56 Å². The van der Waals surface area contributed by atoms with E-state index in [0.717, 1.165) is 36.4 Å². The Hall–Kier alpha value is -1.98. The van der Waals surface area contributed by atoms with Gasteiger partial charge >= 0.3 is 0 Å². The number of ether oxygens (including phenoxy) is 1. The van der Waals surface area contributed by atoms with Crippen LogP contribution in [0, 0.1) is 19.8 Å². The molecule has 0 bridgehead atoms. The van der Waals surface area contributed by atoms with Crippen molar-refractivity contribution >= 4 is 5.78 Å². The van der Waals surface area contributed by atoms with Gasteiger partial charge in [0.2, 0.25) is 5.89 Å². The summed E-state index contributed by atoms with van der Waals surface area (Å²) in [7, 11) is 0. The lowest BCUT2D eigenvalue weighted by molar-refractivity contribution is -0.116. The van der Waals surface area contributed by atoms with Crippen LogP contribution in [0.5, 0.6) is 0 Å². The normalized spacial score (nSPS) is 20.0. The smallest absolute Gasteiger partial charge is 0.226 e. The molecule has 3 rings (SSSR count). The number of hydrogen-bond donors (Lipinski definition) is 1. The summed E-state index contributed by atoms with van der Waals surface area (Å²) in [6.07, 6.45) is 4.74. The number of aromatic nitrogens is 1. The molecule has 1 saturated carbocycles. The van der Waals surface area contributed by atoms with Crippen LogP contribution in [-0.2, 0) is 16.1 Å². The molecule has 1 aromatic heterocycles. The molecular formula is C22H30N2O3. The third kappa shape index (κ3) is 5.75. The summed E-state index contributed by atoms with van der Waals surface area (Å²) in [4.78, 5) is 15.7. The van der Waals surface area contributed by atoms with Crippen LogP contribution >= 0.6 is 0 Å². The van der Waals surface area contributed by atoms with Crippen molar-refractivity contribution in [2.75, 3.05) is 13.1 Å². The Morgan fingerprint density at radius 1 is 1.26 bits per heavy atom. The Labute approximate surface area is 161 Å². The molecule has 0 spiro atoms. The van der Waals surface area contributed by atoms with E-state index >= 15 is 0 Å². The molecule has 1 fully saturated rings. The van der Waals surface area contributed by atoms with Gasteiger partial charge in [0.25, 0.3) is 0 Å². The van der Waals surface area contributed by atoms with E-state index in [1.54, 1.807) is 6.92 Å². The van der Waals surface area contributed by atoms with Crippen LogP contribution in [0.1, 0.15) is 49.6 Å². The molecule has 27 heavy (non-hydrogen) atoms. The lowest BCUT2D eigenvalue weighted by atomic mass is 9.87. The van der Waals surface area contributed by atoms with Gasteiger partial charge < -0.3 is 14.5 Å². The molecule has 5 heteroatoms. The molecular weight excluding hydrogens is 340 g/mol. The van der Waals surface area contributed by atoms with Gasteiger partial charge in [-0.3, -0.25) is 4.79 Å². The van der Waals surface area contributed by atoms with Gasteiger partial charge in [-0.1, -0.05) is 24.1 Å². The summed E-state index contributed by atoms with van der Waals surface area (Å²) in [6.45, 7) is 7.46. The third-order valence-electron chi connectivity index (χ3n) is 5.19. The van der Waals surface area contributed by atoms with Crippen molar-refractivity contribution in [3.05, 3.63) is 41.3 Å². The molecule has 2 aromatic rings. The minimum absolute atomic E-state index is 0.185. The van der Waals surface area contributed by atoms with E-state index in [2.05, 4.69) is 29.4 Å². The van der Waals surface area contributed by atoms with Gasteiger partial charge in [-0.15, -0.1) is 0 Å². The number of ketones is 1. The van der Waals surface area contributed by atoms with Crippen LogP contribution in [0.4, 0.5) is 0 Å². The number of aryl methyl sites for hydroxylation is 2. The van der Waals surface area contributed by atoms with E-state index in [9.17, 15) is 4.79 Å². The lowest BCUT2D eigenvalue weighted by Crippen LogP contribution is -2.32. The molecule has 2 unspecified atom stereocenters. The summed E-state index contributed by atoms with van der Waals surface area (Å²) in [6, 6.07) is 8.19. The summed E-state index contributed by atoms with van der Waals surface area (Å²) in [5.74, 6) is 2.23. The van der Waals surface area contributed by atoms with Gasteiger partial charge in [-0.25, -0.2) is 4.98 Å². The number of carbonyl (C=O) groups excluding carboxylic acids is 1. The van der Waals surface area contributed by atoms with E-state index in [1.807, 2.05) is 19.1 Å². The number of carbonyl (C=O) groups is 1. The van der Waals surface area contributed by atoms with Gasteiger partial charge in [0.1, 0.15) is 17.2 Å². The summed E-state index contributed by atoms with van der Waals surface area (Å²) in [5.41, 5.74) is 3.09. The van der Waals surface area contributed by atoms with Gasteiger partial charge in [0.15, 0.2) is 0 Å². The van der Waals surface area contributed by atoms with E-state index < -0.39 is 0 Å². The fraction of sp³-hybridized carbons (Fsp3) is 0.545. The van der Waals surface area contributed by atoms with Crippen LogP contribution in [-0.4, -0.2) is 30.0 Å². The van der Waals surface area contributed by atoms with E-state index in [4.69, 9.17) is 9.15 Å². The highest BCUT2D eigenvalue weighted by Crippen LogP contribution is 2.28. The molecule has 146 valence electrons. The van der Waals surface area contributed by atoms with Crippen molar-refractivity contribution in [2.45, 2.75) is 59.2 Å². The van der Waals surface area contributed by atoms with Crippen molar-refractivity contribution < 1.29 is 13.9 Å². The average Bonchev–Trinajstić information content (AvgIpc) is 3.01. The highest BCUT2D eigenvalue weighted by molar-refractivity contribution is 5.77. The standard InChI is InChI=1S/C22H30N2O3/c1-15-7-9-19(10-8-15)22-24-21(17(3)27-22)14-26-20-6-4-5-18(11-20)13-23-12-16(2)25/h7-10,18,20,23H,4-6,11-14H2,1-3H3. The highest BCUT2D eigenvalue weighted by atomic mass is 16.5. The molecule has 1 heterocycles. The first kappa shape index (κ1) is 19.8. The number of rotatable bonds is 8. The topological polar surface area (TPSA) is 64.4 Å². The number of nitrogens with zero attached hydrogens (tertiary/aromatic N) is 1. The minimum Gasteiger partial charge on any atom is -0.441 e. The number of benzene rings is 1. The molecule has 1 aliphatic rings. The quantitative estimate of drug-likeness (QED) is 0.754. The van der Waals surface area contributed by atoms with Gasteiger partial charge in [-0.2, -0.15) is 0 Å². The van der Waals surface area contributed by atoms with Crippen molar-refractivity contribution in [1.82, 2.24) is 10.3 Å². The zero-order valence-electron chi connectivity index (χ0n) is 16.6. The second kappa shape index (κ2) is 9.29. The Balaban J connectivity index is 1.52.